The molecule has 3 aromatic rings. The van der Waals surface area contributed by atoms with Crippen molar-refractivity contribution in [1.82, 2.24) is 9.78 Å². The SMILES string of the molecule is Cc1cc(C)n(-c2ccc(COC(=O)c3ccc(Cl)c(S(C)(=O)=O)c3)cc2)n1. The fourth-order valence-corrected chi connectivity index (χ4v) is 4.07. The molecular formula is C20H19ClN2O4S. The van der Waals surface area contributed by atoms with Crippen LogP contribution in [0.3, 0.4) is 0 Å². The van der Waals surface area contributed by atoms with Crippen LogP contribution in [-0.2, 0) is 21.2 Å². The Balaban J connectivity index is 1.71. The Morgan fingerprint density at radius 3 is 2.36 bits per heavy atom. The highest BCUT2D eigenvalue weighted by Crippen LogP contribution is 2.23. The van der Waals surface area contributed by atoms with Crippen molar-refractivity contribution in [2.75, 3.05) is 6.26 Å². The number of hydrogen-bond acceptors (Lipinski definition) is 5. The normalized spacial score (nSPS) is 11.4. The molecule has 0 amide bonds. The topological polar surface area (TPSA) is 78.3 Å². The van der Waals surface area contributed by atoms with Crippen LogP contribution in [0, 0.1) is 13.8 Å². The van der Waals surface area contributed by atoms with Gasteiger partial charge in [-0.25, -0.2) is 17.9 Å². The third kappa shape index (κ3) is 4.43. The smallest absolute Gasteiger partial charge is 0.338 e. The lowest BCUT2D eigenvalue weighted by atomic mass is 10.2. The third-order valence-electron chi connectivity index (χ3n) is 4.13. The lowest BCUT2D eigenvalue weighted by Gasteiger charge is -2.09. The fourth-order valence-electron chi connectivity index (χ4n) is 2.77. The molecule has 8 heteroatoms. The Bertz CT molecular complexity index is 1140. The molecule has 0 N–H and O–H groups in total. The molecule has 0 saturated heterocycles. The zero-order chi connectivity index (χ0) is 20.5. The molecule has 0 saturated carbocycles. The van der Waals surface area contributed by atoms with E-state index in [-0.39, 0.29) is 22.1 Å². The maximum Gasteiger partial charge on any atom is 0.338 e. The van der Waals surface area contributed by atoms with Crippen LogP contribution in [0.4, 0.5) is 0 Å². The summed E-state index contributed by atoms with van der Waals surface area (Å²) in [7, 11) is -3.54. The molecule has 0 radical (unpaired) electrons. The van der Waals surface area contributed by atoms with Gasteiger partial charge in [0.25, 0.3) is 0 Å². The summed E-state index contributed by atoms with van der Waals surface area (Å²) in [5, 5.41) is 4.50. The van der Waals surface area contributed by atoms with Gasteiger partial charge in [-0.1, -0.05) is 23.7 Å². The molecule has 28 heavy (non-hydrogen) atoms. The van der Waals surface area contributed by atoms with Crippen LogP contribution >= 0.6 is 11.6 Å². The largest absolute Gasteiger partial charge is 0.457 e. The van der Waals surface area contributed by atoms with Gasteiger partial charge in [0.1, 0.15) is 6.61 Å². The highest BCUT2D eigenvalue weighted by molar-refractivity contribution is 7.90. The number of aromatic nitrogens is 2. The highest BCUT2D eigenvalue weighted by atomic mass is 35.5. The average Bonchev–Trinajstić information content (AvgIpc) is 2.97. The molecular weight excluding hydrogens is 400 g/mol. The van der Waals surface area contributed by atoms with Gasteiger partial charge in [-0.15, -0.1) is 0 Å². The Morgan fingerprint density at radius 1 is 1.11 bits per heavy atom. The van der Waals surface area contributed by atoms with Crippen molar-refractivity contribution < 1.29 is 17.9 Å². The van der Waals surface area contributed by atoms with Crippen molar-refractivity contribution in [3.63, 3.8) is 0 Å². The van der Waals surface area contributed by atoms with E-state index in [1.165, 1.54) is 18.2 Å². The predicted octanol–water partition coefficient (Wildman–Crippen LogP) is 3.90. The Labute approximate surface area is 168 Å². The molecule has 0 spiro atoms. The van der Waals surface area contributed by atoms with Gasteiger partial charge < -0.3 is 4.74 Å². The fraction of sp³-hybridized carbons (Fsp3) is 0.200. The molecule has 0 aliphatic rings. The Kier molecular flexibility index (Phi) is 5.58. The number of benzene rings is 2. The number of halogens is 1. The molecule has 2 aromatic carbocycles. The first-order valence-electron chi connectivity index (χ1n) is 8.44. The minimum Gasteiger partial charge on any atom is -0.457 e. The van der Waals surface area contributed by atoms with E-state index in [1.807, 2.05) is 48.9 Å². The average molecular weight is 419 g/mol. The summed E-state index contributed by atoms with van der Waals surface area (Å²) in [5.74, 6) is -0.621. The number of hydrogen-bond donors (Lipinski definition) is 0. The molecule has 146 valence electrons. The van der Waals surface area contributed by atoms with E-state index < -0.39 is 15.8 Å². The first-order chi connectivity index (χ1) is 13.1. The van der Waals surface area contributed by atoms with Gasteiger partial charge in [0.15, 0.2) is 9.84 Å². The van der Waals surface area contributed by atoms with Crippen molar-refractivity contribution in [1.29, 1.82) is 0 Å². The van der Waals surface area contributed by atoms with Crippen molar-refractivity contribution in [3.8, 4) is 5.69 Å². The van der Waals surface area contributed by atoms with Crippen LogP contribution in [0.25, 0.3) is 5.69 Å². The standard InChI is InChI=1S/C20H19ClN2O4S/c1-13-10-14(2)23(22-13)17-7-4-15(5-8-17)12-27-20(24)16-6-9-18(21)19(11-16)28(3,25)26/h4-11H,12H2,1-3H3. The second-order valence-electron chi connectivity index (χ2n) is 6.50. The molecule has 0 atom stereocenters. The summed E-state index contributed by atoms with van der Waals surface area (Å²) in [4.78, 5) is 12.2. The van der Waals surface area contributed by atoms with Crippen molar-refractivity contribution in [3.05, 3.63) is 76.1 Å². The minimum absolute atomic E-state index is 0.0626. The minimum atomic E-state index is -3.54. The number of nitrogens with zero attached hydrogens (tertiary/aromatic N) is 2. The van der Waals surface area contributed by atoms with Crippen LogP contribution in [0.1, 0.15) is 27.3 Å². The van der Waals surface area contributed by atoms with Gasteiger partial charge in [0, 0.05) is 11.9 Å². The number of aryl methyl sites for hydroxylation is 2. The first kappa shape index (κ1) is 20.1. The maximum absolute atomic E-state index is 12.3. The van der Waals surface area contributed by atoms with Crippen LogP contribution in [-0.4, -0.2) is 30.4 Å². The van der Waals surface area contributed by atoms with Crippen molar-refractivity contribution in [2.45, 2.75) is 25.3 Å². The van der Waals surface area contributed by atoms with Crippen LogP contribution in [0.15, 0.2) is 53.4 Å². The van der Waals surface area contributed by atoms with E-state index in [2.05, 4.69) is 5.10 Å². The first-order valence-corrected chi connectivity index (χ1v) is 10.7. The summed E-state index contributed by atoms with van der Waals surface area (Å²) < 4.78 is 30.6. The van der Waals surface area contributed by atoms with Crippen molar-refractivity contribution in [2.24, 2.45) is 0 Å². The zero-order valence-corrected chi connectivity index (χ0v) is 17.2. The third-order valence-corrected chi connectivity index (χ3v) is 5.71. The Hall–Kier alpha value is -2.64. The number of ether oxygens (including phenoxy) is 1. The van der Waals surface area contributed by atoms with E-state index in [0.29, 0.717) is 0 Å². The molecule has 3 rings (SSSR count). The van der Waals surface area contributed by atoms with Gasteiger partial charge in [-0.05, 0) is 55.8 Å². The number of rotatable bonds is 5. The molecule has 0 aliphatic carbocycles. The van der Waals surface area contributed by atoms with Crippen LogP contribution in [0.2, 0.25) is 5.02 Å². The molecule has 1 aromatic heterocycles. The van der Waals surface area contributed by atoms with Gasteiger partial charge in [-0.2, -0.15) is 5.10 Å². The Morgan fingerprint density at radius 2 is 1.79 bits per heavy atom. The summed E-state index contributed by atoms with van der Waals surface area (Å²) in [5.41, 5.74) is 3.81. The lowest BCUT2D eigenvalue weighted by Crippen LogP contribution is -2.07. The van der Waals surface area contributed by atoms with Gasteiger partial charge in [-0.3, -0.25) is 0 Å². The lowest BCUT2D eigenvalue weighted by molar-refractivity contribution is 0.0472. The highest BCUT2D eigenvalue weighted by Gasteiger charge is 2.16. The second-order valence-corrected chi connectivity index (χ2v) is 8.89. The second kappa shape index (κ2) is 7.77. The summed E-state index contributed by atoms with van der Waals surface area (Å²) >= 11 is 5.90. The molecule has 6 nitrogen and oxygen atoms in total. The molecule has 0 unspecified atom stereocenters. The van der Waals surface area contributed by atoms with E-state index in [4.69, 9.17) is 16.3 Å². The summed E-state index contributed by atoms with van der Waals surface area (Å²) in [6.07, 6.45) is 1.04. The van der Waals surface area contributed by atoms with E-state index in [0.717, 1.165) is 28.9 Å². The summed E-state index contributed by atoms with van der Waals surface area (Å²) in [6.45, 7) is 3.98. The molecule has 0 bridgehead atoms. The van der Waals surface area contributed by atoms with E-state index in [9.17, 15) is 13.2 Å². The number of sulfone groups is 1. The molecule has 0 fully saturated rings. The zero-order valence-electron chi connectivity index (χ0n) is 15.6. The maximum atomic E-state index is 12.3. The quantitative estimate of drug-likeness (QED) is 0.587. The molecule has 1 heterocycles. The molecule has 0 aliphatic heterocycles. The van der Waals surface area contributed by atoms with Crippen molar-refractivity contribution >= 4 is 27.4 Å². The van der Waals surface area contributed by atoms with Gasteiger partial charge >= 0.3 is 5.97 Å². The van der Waals surface area contributed by atoms with Crippen LogP contribution in [0.5, 0.6) is 0 Å². The van der Waals surface area contributed by atoms with Gasteiger partial charge in [0.05, 0.1) is 26.9 Å². The number of carbonyl (C=O) groups excluding carboxylic acids is 1. The number of carbonyl (C=O) groups is 1. The van der Waals surface area contributed by atoms with Crippen LogP contribution < -0.4 is 0 Å². The number of esters is 1. The van der Waals surface area contributed by atoms with E-state index >= 15 is 0 Å². The van der Waals surface area contributed by atoms with E-state index in [1.54, 1.807) is 0 Å². The predicted molar refractivity (Wildman–Crippen MR) is 107 cm³/mol. The van der Waals surface area contributed by atoms with Gasteiger partial charge in [0.2, 0.25) is 0 Å². The summed E-state index contributed by atoms with van der Waals surface area (Å²) in [6, 6.07) is 13.5. The monoisotopic (exact) mass is 418 g/mol.